The fourth-order valence-corrected chi connectivity index (χ4v) is 2.95. The molecule has 0 atom stereocenters. The van der Waals surface area contributed by atoms with Crippen LogP contribution in [0.15, 0.2) is 65.8 Å². The van der Waals surface area contributed by atoms with Crippen molar-refractivity contribution in [2.75, 3.05) is 0 Å². The highest BCUT2D eigenvalue weighted by Crippen LogP contribution is 2.30. The van der Waals surface area contributed by atoms with Crippen LogP contribution in [-0.4, -0.2) is 19.3 Å². The lowest BCUT2D eigenvalue weighted by molar-refractivity contribution is -0.137. The molecule has 0 amide bonds. The summed E-state index contributed by atoms with van der Waals surface area (Å²) < 4.78 is 41.6. The number of hydrogen-bond acceptors (Lipinski definition) is 3. The van der Waals surface area contributed by atoms with Crippen molar-refractivity contribution in [3.8, 4) is 5.69 Å². The number of fused-ring (bicyclic) bond motifs is 1. The number of rotatable bonds is 3. The van der Waals surface area contributed by atoms with E-state index in [2.05, 4.69) is 10.1 Å². The van der Waals surface area contributed by atoms with Crippen LogP contribution in [0.4, 0.5) is 13.2 Å². The zero-order valence-electron chi connectivity index (χ0n) is 14.8. The van der Waals surface area contributed by atoms with Crippen molar-refractivity contribution >= 4 is 11.0 Å². The molecule has 0 fully saturated rings. The number of nitrogens with zero attached hydrogens (tertiary/aromatic N) is 4. The largest absolute Gasteiger partial charge is 0.416 e. The van der Waals surface area contributed by atoms with Gasteiger partial charge in [-0.3, -0.25) is 9.36 Å². The molecule has 2 heterocycles. The second kappa shape index (κ2) is 6.63. The van der Waals surface area contributed by atoms with Crippen LogP contribution in [-0.2, 0) is 12.7 Å². The quantitative estimate of drug-likeness (QED) is 0.537. The van der Waals surface area contributed by atoms with E-state index in [4.69, 9.17) is 0 Å². The van der Waals surface area contributed by atoms with Crippen LogP contribution in [0.2, 0.25) is 0 Å². The molecule has 0 spiro atoms. The van der Waals surface area contributed by atoms with Crippen LogP contribution >= 0.6 is 0 Å². The first kappa shape index (κ1) is 18.0. The molecule has 0 aliphatic rings. The van der Waals surface area contributed by atoms with Crippen molar-refractivity contribution in [2.45, 2.75) is 19.6 Å². The Kier molecular flexibility index (Phi) is 4.26. The molecule has 0 bridgehead atoms. The average Bonchev–Trinajstić information content (AvgIpc) is 3.10. The van der Waals surface area contributed by atoms with Gasteiger partial charge in [-0.15, -0.1) is 0 Å². The molecule has 0 N–H and O–H groups in total. The number of alkyl halides is 3. The Labute approximate surface area is 157 Å². The fourth-order valence-electron chi connectivity index (χ4n) is 2.95. The van der Waals surface area contributed by atoms with E-state index in [9.17, 15) is 18.0 Å². The van der Waals surface area contributed by atoms with Gasteiger partial charge < -0.3 is 0 Å². The molecule has 8 heteroatoms. The molecule has 0 radical (unpaired) electrons. The van der Waals surface area contributed by atoms with Crippen LogP contribution < -0.4 is 5.56 Å². The first-order chi connectivity index (χ1) is 13.3. The van der Waals surface area contributed by atoms with Gasteiger partial charge in [0.05, 0.1) is 24.0 Å². The maximum atomic E-state index is 13.0. The molecule has 28 heavy (non-hydrogen) atoms. The predicted octanol–water partition coefficient (Wildman–Crippen LogP) is 3.96. The van der Waals surface area contributed by atoms with Gasteiger partial charge >= 0.3 is 6.18 Å². The van der Waals surface area contributed by atoms with E-state index >= 15 is 0 Å². The molecular formula is C20H15F3N4O. The molecule has 0 saturated heterocycles. The Hall–Kier alpha value is -3.42. The zero-order chi connectivity index (χ0) is 19.9. The summed E-state index contributed by atoms with van der Waals surface area (Å²) in [6.07, 6.45) is -1.75. The highest BCUT2D eigenvalue weighted by atomic mass is 19.4. The van der Waals surface area contributed by atoms with Crippen molar-refractivity contribution in [2.24, 2.45) is 0 Å². The SMILES string of the molecule is Cc1ccc(Cn2cnc3c(cnn3-c3cccc(C(F)(F)F)c3)c2=O)cc1. The van der Waals surface area contributed by atoms with E-state index < -0.39 is 11.7 Å². The van der Waals surface area contributed by atoms with Gasteiger partial charge in [0.2, 0.25) is 0 Å². The topological polar surface area (TPSA) is 52.7 Å². The monoisotopic (exact) mass is 384 g/mol. The van der Waals surface area contributed by atoms with Crippen LogP contribution in [0.25, 0.3) is 16.7 Å². The lowest BCUT2D eigenvalue weighted by Gasteiger charge is -2.09. The van der Waals surface area contributed by atoms with Gasteiger partial charge in [0.15, 0.2) is 5.65 Å². The Bertz CT molecular complexity index is 1210. The summed E-state index contributed by atoms with van der Waals surface area (Å²) in [4.78, 5) is 17.0. The van der Waals surface area contributed by atoms with Crippen molar-refractivity contribution < 1.29 is 13.2 Å². The molecule has 4 rings (SSSR count). The first-order valence-corrected chi connectivity index (χ1v) is 8.49. The summed E-state index contributed by atoms with van der Waals surface area (Å²) in [5.74, 6) is 0. The Balaban J connectivity index is 1.75. The molecule has 2 aromatic carbocycles. The Morgan fingerprint density at radius 3 is 2.54 bits per heavy atom. The molecule has 0 aliphatic heterocycles. The van der Waals surface area contributed by atoms with E-state index in [0.29, 0.717) is 6.54 Å². The second-order valence-electron chi connectivity index (χ2n) is 6.50. The summed E-state index contributed by atoms with van der Waals surface area (Å²) in [5, 5.41) is 4.33. The second-order valence-corrected chi connectivity index (χ2v) is 6.50. The van der Waals surface area contributed by atoms with Gasteiger partial charge in [-0.1, -0.05) is 35.9 Å². The molecular weight excluding hydrogens is 369 g/mol. The van der Waals surface area contributed by atoms with Gasteiger partial charge in [0.1, 0.15) is 11.7 Å². The van der Waals surface area contributed by atoms with Gasteiger partial charge in [0, 0.05) is 0 Å². The van der Waals surface area contributed by atoms with Crippen molar-refractivity contribution in [3.05, 3.63) is 88.1 Å². The molecule has 5 nitrogen and oxygen atoms in total. The third-order valence-electron chi connectivity index (χ3n) is 4.45. The summed E-state index contributed by atoms with van der Waals surface area (Å²) >= 11 is 0. The number of halogens is 3. The van der Waals surface area contributed by atoms with Gasteiger partial charge in [0.25, 0.3) is 5.56 Å². The average molecular weight is 384 g/mol. The van der Waals surface area contributed by atoms with Crippen LogP contribution in [0, 0.1) is 6.92 Å². The molecule has 0 unspecified atom stereocenters. The van der Waals surface area contributed by atoms with Crippen molar-refractivity contribution in [1.29, 1.82) is 0 Å². The standard InChI is InChI=1S/C20H15F3N4O/c1-13-5-7-14(8-6-13)11-26-12-24-18-17(19(26)28)10-25-27(18)16-4-2-3-15(9-16)20(21,22)23/h2-10,12H,11H2,1H3. The Morgan fingerprint density at radius 1 is 1.07 bits per heavy atom. The first-order valence-electron chi connectivity index (χ1n) is 8.49. The summed E-state index contributed by atoms with van der Waals surface area (Å²) in [6.45, 7) is 2.32. The predicted molar refractivity (Wildman–Crippen MR) is 98.4 cm³/mol. The van der Waals surface area contributed by atoms with Crippen LogP contribution in [0.1, 0.15) is 16.7 Å². The minimum Gasteiger partial charge on any atom is -0.294 e. The van der Waals surface area contributed by atoms with Gasteiger partial charge in [-0.2, -0.15) is 18.3 Å². The van der Waals surface area contributed by atoms with Gasteiger partial charge in [-0.25, -0.2) is 9.67 Å². The molecule has 0 aliphatic carbocycles. The lowest BCUT2D eigenvalue weighted by Crippen LogP contribution is -2.21. The highest BCUT2D eigenvalue weighted by Gasteiger charge is 2.30. The summed E-state index contributed by atoms with van der Waals surface area (Å²) in [5.41, 5.74) is 1.37. The lowest BCUT2D eigenvalue weighted by atomic mass is 10.1. The molecule has 0 saturated carbocycles. The van der Waals surface area contributed by atoms with E-state index in [0.717, 1.165) is 23.3 Å². The maximum Gasteiger partial charge on any atom is 0.416 e. The van der Waals surface area contributed by atoms with Crippen LogP contribution in [0.5, 0.6) is 0 Å². The number of hydrogen-bond donors (Lipinski definition) is 0. The number of aromatic nitrogens is 4. The van der Waals surface area contributed by atoms with E-state index in [1.807, 2.05) is 31.2 Å². The van der Waals surface area contributed by atoms with Crippen molar-refractivity contribution in [3.63, 3.8) is 0 Å². The smallest absolute Gasteiger partial charge is 0.294 e. The van der Waals surface area contributed by atoms with E-state index in [-0.39, 0.29) is 22.3 Å². The normalized spacial score (nSPS) is 11.9. The maximum absolute atomic E-state index is 13.0. The fraction of sp³-hybridized carbons (Fsp3) is 0.150. The van der Waals surface area contributed by atoms with Crippen molar-refractivity contribution in [1.82, 2.24) is 19.3 Å². The van der Waals surface area contributed by atoms with Crippen LogP contribution in [0.3, 0.4) is 0 Å². The third-order valence-corrected chi connectivity index (χ3v) is 4.45. The third kappa shape index (κ3) is 3.28. The Morgan fingerprint density at radius 2 is 1.82 bits per heavy atom. The van der Waals surface area contributed by atoms with E-state index in [1.165, 1.54) is 33.9 Å². The van der Waals surface area contributed by atoms with E-state index in [1.54, 1.807) is 0 Å². The zero-order valence-corrected chi connectivity index (χ0v) is 14.8. The summed E-state index contributed by atoms with van der Waals surface area (Å²) in [6, 6.07) is 12.5. The molecule has 142 valence electrons. The summed E-state index contributed by atoms with van der Waals surface area (Å²) in [7, 11) is 0. The minimum atomic E-state index is -4.47. The molecule has 2 aromatic heterocycles. The number of aryl methyl sites for hydroxylation is 1. The minimum absolute atomic E-state index is 0.188. The highest BCUT2D eigenvalue weighted by molar-refractivity contribution is 5.75. The number of benzene rings is 2. The van der Waals surface area contributed by atoms with Gasteiger partial charge in [-0.05, 0) is 30.7 Å². The molecule has 4 aromatic rings.